The Morgan fingerprint density at radius 3 is 2.62 bits per heavy atom. The smallest absolute Gasteiger partial charge is 0.162 e. The molecule has 0 unspecified atom stereocenters. The number of ketones is 1. The van der Waals surface area contributed by atoms with Crippen LogP contribution in [0.1, 0.15) is 36.2 Å². The molecule has 0 bridgehead atoms. The van der Waals surface area contributed by atoms with Crippen molar-refractivity contribution < 1.29 is 4.79 Å². The molecule has 70 valence electrons. The van der Waals surface area contributed by atoms with Crippen molar-refractivity contribution in [2.75, 3.05) is 0 Å². The Morgan fingerprint density at radius 2 is 2.08 bits per heavy atom. The lowest BCUT2D eigenvalue weighted by molar-refractivity contribution is 0.0987. The number of carbonyl (C=O) groups is 1. The van der Waals surface area contributed by atoms with Gasteiger partial charge in [0.25, 0.3) is 0 Å². The third kappa shape index (κ3) is 2.31. The normalized spacial score (nSPS) is 10.1. The highest BCUT2D eigenvalue weighted by Gasteiger charge is 2.07. The highest BCUT2D eigenvalue weighted by atomic mass is 35.5. The molecule has 0 fully saturated rings. The zero-order valence-corrected chi connectivity index (χ0v) is 8.69. The van der Waals surface area contributed by atoms with E-state index in [4.69, 9.17) is 11.6 Å². The third-order valence-electron chi connectivity index (χ3n) is 2.07. The molecule has 0 aromatic heterocycles. The molecule has 0 radical (unpaired) electrons. The summed E-state index contributed by atoms with van der Waals surface area (Å²) in [6.07, 6.45) is 1.40. The van der Waals surface area contributed by atoms with Crippen molar-refractivity contribution in [2.45, 2.75) is 26.7 Å². The van der Waals surface area contributed by atoms with Crippen molar-refractivity contribution in [2.24, 2.45) is 0 Å². The molecule has 1 aromatic carbocycles. The average molecular weight is 197 g/mol. The van der Waals surface area contributed by atoms with E-state index in [1.807, 2.05) is 26.0 Å². The molecule has 2 heteroatoms. The van der Waals surface area contributed by atoms with Gasteiger partial charge in [-0.25, -0.2) is 0 Å². The van der Waals surface area contributed by atoms with E-state index in [1.54, 1.807) is 6.07 Å². The molecule has 0 aliphatic carbocycles. The van der Waals surface area contributed by atoms with Gasteiger partial charge in [0.1, 0.15) is 0 Å². The number of benzene rings is 1. The van der Waals surface area contributed by atoms with E-state index in [0.29, 0.717) is 11.4 Å². The van der Waals surface area contributed by atoms with Crippen LogP contribution in [0.15, 0.2) is 18.2 Å². The van der Waals surface area contributed by atoms with Gasteiger partial charge >= 0.3 is 0 Å². The maximum absolute atomic E-state index is 11.5. The van der Waals surface area contributed by atoms with Crippen molar-refractivity contribution in [1.82, 2.24) is 0 Å². The SMILES string of the molecule is CCC(=O)c1ccc(Cl)cc1CC. The molecule has 1 nitrogen and oxygen atoms in total. The zero-order chi connectivity index (χ0) is 9.84. The first-order valence-corrected chi connectivity index (χ1v) is 4.88. The van der Waals surface area contributed by atoms with Gasteiger partial charge in [-0.15, -0.1) is 0 Å². The maximum atomic E-state index is 11.5. The number of rotatable bonds is 3. The first-order chi connectivity index (χ1) is 6.19. The van der Waals surface area contributed by atoms with Gasteiger partial charge in [0.05, 0.1) is 0 Å². The second kappa shape index (κ2) is 4.43. The number of aryl methyl sites for hydroxylation is 1. The number of Topliss-reactive ketones (excluding diaryl/α,β-unsaturated/α-hetero) is 1. The van der Waals surface area contributed by atoms with Crippen molar-refractivity contribution in [3.63, 3.8) is 0 Å². The van der Waals surface area contributed by atoms with E-state index >= 15 is 0 Å². The fourth-order valence-corrected chi connectivity index (χ4v) is 1.51. The topological polar surface area (TPSA) is 17.1 Å². The summed E-state index contributed by atoms with van der Waals surface area (Å²) in [6.45, 7) is 3.90. The van der Waals surface area contributed by atoms with Crippen LogP contribution in [0.2, 0.25) is 5.02 Å². The van der Waals surface area contributed by atoms with Gasteiger partial charge in [-0.3, -0.25) is 4.79 Å². The molecule has 1 rings (SSSR count). The fraction of sp³-hybridized carbons (Fsp3) is 0.364. The summed E-state index contributed by atoms with van der Waals surface area (Å²) in [5, 5.41) is 0.699. The van der Waals surface area contributed by atoms with E-state index in [0.717, 1.165) is 17.5 Å². The molecule has 13 heavy (non-hydrogen) atoms. The summed E-state index contributed by atoms with van der Waals surface area (Å²) < 4.78 is 0. The van der Waals surface area contributed by atoms with Crippen molar-refractivity contribution >= 4 is 17.4 Å². The summed E-state index contributed by atoms with van der Waals surface area (Å²) in [5.74, 6) is 0.188. The van der Waals surface area contributed by atoms with Gasteiger partial charge in [-0.05, 0) is 30.2 Å². The van der Waals surface area contributed by atoms with Crippen LogP contribution in [0, 0.1) is 0 Å². The van der Waals surface area contributed by atoms with Crippen molar-refractivity contribution in [3.05, 3.63) is 34.3 Å². The Balaban J connectivity index is 3.13. The molecule has 0 N–H and O–H groups in total. The summed E-state index contributed by atoms with van der Waals surface area (Å²) in [4.78, 5) is 11.5. The fourth-order valence-electron chi connectivity index (χ4n) is 1.32. The lowest BCUT2D eigenvalue weighted by Gasteiger charge is -2.05. The van der Waals surface area contributed by atoms with Gasteiger partial charge in [0.15, 0.2) is 5.78 Å². The van der Waals surface area contributed by atoms with Gasteiger partial charge in [0, 0.05) is 17.0 Å². The Hall–Kier alpha value is -0.820. The van der Waals surface area contributed by atoms with Crippen LogP contribution < -0.4 is 0 Å². The van der Waals surface area contributed by atoms with Gasteiger partial charge in [0.2, 0.25) is 0 Å². The molecular formula is C11H13ClO. The number of hydrogen-bond donors (Lipinski definition) is 0. The van der Waals surface area contributed by atoms with Crippen LogP contribution in [0.3, 0.4) is 0 Å². The Morgan fingerprint density at radius 1 is 1.38 bits per heavy atom. The molecule has 0 atom stereocenters. The van der Waals surface area contributed by atoms with E-state index in [9.17, 15) is 4.79 Å². The van der Waals surface area contributed by atoms with Crippen LogP contribution in [-0.2, 0) is 6.42 Å². The molecule has 1 aromatic rings. The van der Waals surface area contributed by atoms with Crippen LogP contribution in [0.5, 0.6) is 0 Å². The summed E-state index contributed by atoms with van der Waals surface area (Å²) in [7, 11) is 0. The Labute approximate surface area is 83.7 Å². The highest BCUT2D eigenvalue weighted by Crippen LogP contribution is 2.17. The lowest BCUT2D eigenvalue weighted by Crippen LogP contribution is -2.01. The summed E-state index contributed by atoms with van der Waals surface area (Å²) >= 11 is 5.83. The number of halogens is 1. The minimum absolute atomic E-state index is 0.188. The summed E-state index contributed by atoms with van der Waals surface area (Å²) in [6, 6.07) is 5.45. The van der Waals surface area contributed by atoms with Crippen molar-refractivity contribution in [1.29, 1.82) is 0 Å². The monoisotopic (exact) mass is 196 g/mol. The quantitative estimate of drug-likeness (QED) is 0.677. The minimum atomic E-state index is 0.188. The molecule has 0 heterocycles. The van der Waals surface area contributed by atoms with Gasteiger partial charge in [-0.2, -0.15) is 0 Å². The Kier molecular flexibility index (Phi) is 3.49. The van der Waals surface area contributed by atoms with E-state index in [1.165, 1.54) is 0 Å². The lowest BCUT2D eigenvalue weighted by atomic mass is 10.0. The molecule has 0 aliphatic heterocycles. The molecule has 0 aliphatic rings. The van der Waals surface area contributed by atoms with Crippen LogP contribution in [0.4, 0.5) is 0 Å². The minimum Gasteiger partial charge on any atom is -0.294 e. The number of carbonyl (C=O) groups excluding carboxylic acids is 1. The summed E-state index contributed by atoms with van der Waals surface area (Å²) in [5.41, 5.74) is 1.86. The second-order valence-electron chi connectivity index (χ2n) is 2.93. The highest BCUT2D eigenvalue weighted by molar-refractivity contribution is 6.30. The second-order valence-corrected chi connectivity index (χ2v) is 3.37. The van der Waals surface area contributed by atoms with Crippen LogP contribution >= 0.6 is 11.6 Å². The van der Waals surface area contributed by atoms with Crippen molar-refractivity contribution in [3.8, 4) is 0 Å². The third-order valence-corrected chi connectivity index (χ3v) is 2.30. The molecule has 0 spiro atoms. The van der Waals surface area contributed by atoms with Crippen LogP contribution in [-0.4, -0.2) is 5.78 Å². The van der Waals surface area contributed by atoms with Crippen LogP contribution in [0.25, 0.3) is 0 Å². The molecule has 0 saturated carbocycles. The first kappa shape index (κ1) is 10.3. The maximum Gasteiger partial charge on any atom is 0.162 e. The van der Waals surface area contributed by atoms with E-state index in [-0.39, 0.29) is 5.78 Å². The standard InChI is InChI=1S/C11H13ClO/c1-3-8-7-9(12)5-6-10(8)11(13)4-2/h5-7H,3-4H2,1-2H3. The largest absolute Gasteiger partial charge is 0.294 e. The van der Waals surface area contributed by atoms with Gasteiger partial charge in [-0.1, -0.05) is 25.4 Å². The predicted molar refractivity (Wildman–Crippen MR) is 55.5 cm³/mol. The predicted octanol–water partition coefficient (Wildman–Crippen LogP) is 3.50. The Bertz CT molecular complexity index is 318. The van der Waals surface area contributed by atoms with E-state index in [2.05, 4.69) is 0 Å². The first-order valence-electron chi connectivity index (χ1n) is 4.50. The molecular weight excluding hydrogens is 184 g/mol. The average Bonchev–Trinajstić information content (AvgIpc) is 2.16. The molecule has 0 saturated heterocycles. The molecule has 0 amide bonds. The van der Waals surface area contributed by atoms with E-state index < -0.39 is 0 Å². The number of hydrogen-bond acceptors (Lipinski definition) is 1. The van der Waals surface area contributed by atoms with Gasteiger partial charge < -0.3 is 0 Å². The zero-order valence-electron chi connectivity index (χ0n) is 7.93.